The summed E-state index contributed by atoms with van der Waals surface area (Å²) in [6.07, 6.45) is 5.34. The van der Waals surface area contributed by atoms with Gasteiger partial charge in [0, 0.05) is 48.2 Å². The predicted molar refractivity (Wildman–Crippen MR) is 168 cm³/mol. The lowest BCUT2D eigenvalue weighted by Gasteiger charge is -2.20. The Labute approximate surface area is 261 Å². The summed E-state index contributed by atoms with van der Waals surface area (Å²) >= 11 is 6.72. The van der Waals surface area contributed by atoms with Crippen LogP contribution < -0.4 is 20.1 Å². The van der Waals surface area contributed by atoms with Gasteiger partial charge in [-0.15, -0.1) is 0 Å². The summed E-state index contributed by atoms with van der Waals surface area (Å²) in [7, 11) is 0. The second kappa shape index (κ2) is 14.5. The zero-order valence-electron chi connectivity index (χ0n) is 24.8. The fourth-order valence-electron chi connectivity index (χ4n) is 5.24. The molecule has 2 N–H and O–H groups in total. The molecule has 7 nitrogen and oxygen atoms in total. The highest BCUT2D eigenvalue weighted by atomic mass is 35.5. The molecule has 0 saturated heterocycles. The van der Waals surface area contributed by atoms with Crippen LogP contribution >= 0.6 is 11.6 Å². The van der Waals surface area contributed by atoms with Crippen molar-refractivity contribution in [1.82, 2.24) is 15.6 Å². The Hall–Kier alpha value is -4.27. The standard InChI is InChI=1S/C35H35ClFN3O4/c1-22-25(8-7-10-28(22)29-9-3-4-11-31(29)37)21-44-34-16-33-26(15-30(34)36)19-40-32(23(2)41)12-5-6-13-39-35(42)27-14-24(20-43-33)17-38-18-27/h3-4,7-11,14-18,32,40H,5-6,12-13,19-21H2,1-2H3,(H,39,42)/t32-/m0/s1. The van der Waals surface area contributed by atoms with Gasteiger partial charge in [-0.3, -0.25) is 14.6 Å². The molecule has 228 valence electrons. The molecule has 1 atom stereocenters. The number of halogens is 2. The number of amides is 1. The molecule has 0 spiro atoms. The summed E-state index contributed by atoms with van der Waals surface area (Å²) in [4.78, 5) is 29.2. The normalized spacial score (nSPS) is 15.9. The van der Waals surface area contributed by atoms with E-state index in [0.717, 1.165) is 40.7 Å². The van der Waals surface area contributed by atoms with Crippen LogP contribution in [0.4, 0.5) is 4.39 Å². The Morgan fingerprint density at radius 1 is 1.09 bits per heavy atom. The van der Waals surface area contributed by atoms with Crippen LogP contribution in [0.25, 0.3) is 11.1 Å². The first-order chi connectivity index (χ1) is 21.3. The van der Waals surface area contributed by atoms with Crippen LogP contribution in [0.1, 0.15) is 58.8 Å². The zero-order chi connectivity index (χ0) is 31.1. The molecule has 0 radical (unpaired) electrons. The molecule has 0 fully saturated rings. The molecule has 5 rings (SSSR count). The fourth-order valence-corrected chi connectivity index (χ4v) is 5.48. The number of carbonyl (C=O) groups is 2. The Kier molecular flexibility index (Phi) is 10.2. The van der Waals surface area contributed by atoms with Crippen LogP contribution in [-0.2, 0) is 24.6 Å². The van der Waals surface area contributed by atoms with Gasteiger partial charge in [0.2, 0.25) is 0 Å². The molecule has 1 aromatic heterocycles. The maximum atomic E-state index is 14.5. The van der Waals surface area contributed by atoms with Gasteiger partial charge in [0.05, 0.1) is 16.6 Å². The van der Waals surface area contributed by atoms with E-state index in [1.165, 1.54) is 12.3 Å². The average Bonchev–Trinajstić information content (AvgIpc) is 3.01. The third kappa shape index (κ3) is 7.62. The molecule has 1 amide bonds. The highest BCUT2D eigenvalue weighted by Gasteiger charge is 2.18. The molecule has 4 aromatic rings. The van der Waals surface area contributed by atoms with E-state index in [0.29, 0.717) is 47.2 Å². The summed E-state index contributed by atoms with van der Waals surface area (Å²) in [6.45, 7) is 4.75. The molecule has 0 unspecified atom stereocenters. The van der Waals surface area contributed by atoms with E-state index in [4.69, 9.17) is 21.1 Å². The second-order valence-electron chi connectivity index (χ2n) is 10.9. The molecular formula is C35H35ClFN3O4. The quantitative estimate of drug-likeness (QED) is 0.252. The molecule has 1 aliphatic rings. The van der Waals surface area contributed by atoms with E-state index in [2.05, 4.69) is 15.6 Å². The Balaban J connectivity index is 1.42. The van der Waals surface area contributed by atoms with Crippen molar-refractivity contribution in [3.63, 3.8) is 0 Å². The van der Waals surface area contributed by atoms with Gasteiger partial charge < -0.3 is 20.1 Å². The number of benzene rings is 3. The van der Waals surface area contributed by atoms with E-state index >= 15 is 0 Å². The van der Waals surface area contributed by atoms with E-state index in [1.54, 1.807) is 43.5 Å². The summed E-state index contributed by atoms with van der Waals surface area (Å²) in [5.41, 5.74) is 5.07. The monoisotopic (exact) mass is 615 g/mol. The lowest BCUT2D eigenvalue weighted by Crippen LogP contribution is -2.35. The van der Waals surface area contributed by atoms with Gasteiger partial charge in [0.25, 0.3) is 5.91 Å². The van der Waals surface area contributed by atoms with E-state index in [-0.39, 0.29) is 36.8 Å². The first-order valence-electron chi connectivity index (χ1n) is 14.7. The highest BCUT2D eigenvalue weighted by molar-refractivity contribution is 6.32. The number of ether oxygens (including phenoxy) is 2. The van der Waals surface area contributed by atoms with E-state index in [1.807, 2.05) is 31.2 Å². The molecule has 2 heterocycles. The van der Waals surface area contributed by atoms with Crippen molar-refractivity contribution in [2.24, 2.45) is 0 Å². The van der Waals surface area contributed by atoms with Crippen LogP contribution in [0.3, 0.4) is 0 Å². The highest BCUT2D eigenvalue weighted by Crippen LogP contribution is 2.35. The Bertz CT molecular complexity index is 1660. The SMILES string of the molecule is CC(=O)[C@@H]1CCCCNC(=O)c2cncc(c2)COc2cc(OCc3cccc(-c4ccccc4F)c3C)c(Cl)cc2CN1. The van der Waals surface area contributed by atoms with Gasteiger partial charge in [0.15, 0.2) is 0 Å². The van der Waals surface area contributed by atoms with Crippen molar-refractivity contribution in [2.75, 3.05) is 6.54 Å². The molecule has 0 saturated carbocycles. The van der Waals surface area contributed by atoms with Gasteiger partial charge >= 0.3 is 0 Å². The van der Waals surface area contributed by atoms with Crippen molar-refractivity contribution in [2.45, 2.75) is 58.9 Å². The van der Waals surface area contributed by atoms with Crippen LogP contribution in [-0.4, -0.2) is 29.3 Å². The predicted octanol–water partition coefficient (Wildman–Crippen LogP) is 6.97. The molecule has 0 aliphatic carbocycles. The van der Waals surface area contributed by atoms with Gasteiger partial charge in [-0.1, -0.05) is 48.0 Å². The minimum absolute atomic E-state index is 0.0395. The number of Topliss-reactive ketones (excluding diaryl/α,β-unsaturated/α-hetero) is 1. The van der Waals surface area contributed by atoms with E-state index < -0.39 is 0 Å². The van der Waals surface area contributed by atoms with Gasteiger partial charge in [-0.05, 0) is 68.0 Å². The number of nitrogens with one attached hydrogen (secondary N) is 2. The summed E-state index contributed by atoms with van der Waals surface area (Å²) in [6, 6.07) is 17.3. The number of ketones is 1. The summed E-state index contributed by atoms with van der Waals surface area (Å²) in [5.74, 6) is 0.499. The van der Waals surface area contributed by atoms with Crippen molar-refractivity contribution in [3.8, 4) is 22.6 Å². The maximum Gasteiger partial charge on any atom is 0.252 e. The van der Waals surface area contributed by atoms with Crippen molar-refractivity contribution in [3.05, 3.63) is 112 Å². The second-order valence-corrected chi connectivity index (χ2v) is 11.3. The van der Waals surface area contributed by atoms with Crippen LogP contribution in [0, 0.1) is 12.7 Å². The number of fused-ring (bicyclic) bond motifs is 3. The molecule has 1 aliphatic heterocycles. The fraction of sp³-hybridized carbons (Fsp3) is 0.286. The van der Waals surface area contributed by atoms with Gasteiger partial charge in [-0.2, -0.15) is 0 Å². The lowest BCUT2D eigenvalue weighted by atomic mass is 9.96. The van der Waals surface area contributed by atoms with Crippen molar-refractivity contribution >= 4 is 23.3 Å². The number of aromatic nitrogens is 1. The number of hydrogen-bond acceptors (Lipinski definition) is 6. The maximum absolute atomic E-state index is 14.5. The lowest BCUT2D eigenvalue weighted by molar-refractivity contribution is -0.119. The summed E-state index contributed by atoms with van der Waals surface area (Å²) in [5, 5.41) is 6.66. The molecule has 44 heavy (non-hydrogen) atoms. The minimum atomic E-state index is -0.345. The number of hydrogen-bond donors (Lipinski definition) is 2. The van der Waals surface area contributed by atoms with Crippen LogP contribution in [0.15, 0.2) is 73.1 Å². The minimum Gasteiger partial charge on any atom is -0.488 e. The van der Waals surface area contributed by atoms with Crippen molar-refractivity contribution in [1.29, 1.82) is 0 Å². The largest absolute Gasteiger partial charge is 0.488 e. The van der Waals surface area contributed by atoms with Crippen LogP contribution in [0.2, 0.25) is 5.02 Å². The summed E-state index contributed by atoms with van der Waals surface area (Å²) < 4.78 is 27.0. The molecule has 3 aromatic carbocycles. The smallest absolute Gasteiger partial charge is 0.252 e. The Morgan fingerprint density at radius 3 is 2.73 bits per heavy atom. The first-order valence-corrected chi connectivity index (χ1v) is 15.1. The number of pyridine rings is 1. The molecule has 2 bridgehead atoms. The molecular weight excluding hydrogens is 581 g/mol. The van der Waals surface area contributed by atoms with Gasteiger partial charge in [0.1, 0.15) is 36.3 Å². The van der Waals surface area contributed by atoms with E-state index in [9.17, 15) is 14.0 Å². The molecule has 9 heteroatoms. The third-order valence-electron chi connectivity index (χ3n) is 7.79. The van der Waals surface area contributed by atoms with Crippen LogP contribution in [0.5, 0.6) is 11.5 Å². The number of rotatable bonds is 5. The topological polar surface area (TPSA) is 89.6 Å². The average molecular weight is 616 g/mol. The number of carbonyl (C=O) groups excluding carboxylic acids is 2. The third-order valence-corrected chi connectivity index (χ3v) is 8.09. The Morgan fingerprint density at radius 2 is 1.91 bits per heavy atom. The van der Waals surface area contributed by atoms with Crippen molar-refractivity contribution < 1.29 is 23.5 Å². The first kappa shape index (κ1) is 31.2. The number of nitrogens with zero attached hydrogens (tertiary/aromatic N) is 1. The van der Waals surface area contributed by atoms with Gasteiger partial charge in [-0.25, -0.2) is 4.39 Å². The zero-order valence-corrected chi connectivity index (χ0v) is 25.5.